The Bertz CT molecular complexity index is 746. The van der Waals surface area contributed by atoms with Crippen molar-refractivity contribution in [2.45, 2.75) is 11.6 Å². The number of fused-ring (bicyclic) bond motifs is 1. The Kier molecular flexibility index (Phi) is 3.75. The molecule has 3 rings (SSSR count). The molecule has 1 aromatic carbocycles. The smallest absolute Gasteiger partial charge is 0.269 e. The minimum atomic E-state index is -0.429. The van der Waals surface area contributed by atoms with E-state index in [9.17, 15) is 14.9 Å². The highest BCUT2D eigenvalue weighted by atomic mass is 32.2. The first-order valence-corrected chi connectivity index (χ1v) is 7.47. The monoisotopic (exact) mass is 320 g/mol. The number of nitro benzene ring substituents is 1. The number of hydrogen-bond acceptors (Lipinski definition) is 7. The van der Waals surface area contributed by atoms with Crippen molar-refractivity contribution in [3.05, 3.63) is 33.9 Å². The molecule has 1 amide bonds. The van der Waals surface area contributed by atoms with Crippen LogP contribution in [0.25, 0.3) is 0 Å². The molecule has 0 saturated heterocycles. The third-order valence-electron chi connectivity index (χ3n) is 3.38. The minimum absolute atomic E-state index is 0.0487. The van der Waals surface area contributed by atoms with Gasteiger partial charge < -0.3 is 4.90 Å². The standard InChI is InChI=1S/C12H12N6O3S/c1-16-12(13-14-15-16)22-7-11(19)17-5-4-8-6-9(18(20)21)2-3-10(8)17/h2-3,6H,4-5,7H2,1H3. The van der Waals surface area contributed by atoms with Gasteiger partial charge in [-0.25, -0.2) is 4.68 Å². The molecule has 0 spiro atoms. The van der Waals surface area contributed by atoms with Gasteiger partial charge in [0.15, 0.2) is 0 Å². The first kappa shape index (κ1) is 14.4. The number of nitrogens with zero attached hydrogens (tertiary/aromatic N) is 6. The van der Waals surface area contributed by atoms with E-state index in [-0.39, 0.29) is 17.3 Å². The molecular weight excluding hydrogens is 308 g/mol. The zero-order valence-corrected chi connectivity index (χ0v) is 12.5. The highest BCUT2D eigenvalue weighted by molar-refractivity contribution is 7.99. The third kappa shape index (κ3) is 2.64. The van der Waals surface area contributed by atoms with Crippen molar-refractivity contribution >= 4 is 29.0 Å². The summed E-state index contributed by atoms with van der Waals surface area (Å²) in [5, 5.41) is 22.4. The number of aromatic nitrogens is 4. The van der Waals surface area contributed by atoms with E-state index in [1.165, 1.54) is 28.6 Å². The van der Waals surface area contributed by atoms with Crippen molar-refractivity contribution < 1.29 is 9.72 Å². The van der Waals surface area contributed by atoms with Crippen molar-refractivity contribution in [2.24, 2.45) is 7.05 Å². The molecule has 0 fully saturated rings. The second-order valence-electron chi connectivity index (χ2n) is 4.74. The van der Waals surface area contributed by atoms with Gasteiger partial charge in [-0.3, -0.25) is 14.9 Å². The van der Waals surface area contributed by atoms with Gasteiger partial charge in [0.05, 0.1) is 10.7 Å². The topological polar surface area (TPSA) is 107 Å². The maximum Gasteiger partial charge on any atom is 0.269 e. The summed E-state index contributed by atoms with van der Waals surface area (Å²) in [4.78, 5) is 24.3. The van der Waals surface area contributed by atoms with E-state index in [2.05, 4.69) is 15.5 Å². The first-order valence-electron chi connectivity index (χ1n) is 6.49. The van der Waals surface area contributed by atoms with E-state index >= 15 is 0 Å². The lowest BCUT2D eigenvalue weighted by Gasteiger charge is -2.16. The average molecular weight is 320 g/mol. The summed E-state index contributed by atoms with van der Waals surface area (Å²) in [7, 11) is 1.71. The summed E-state index contributed by atoms with van der Waals surface area (Å²) in [5.74, 6) is 0.144. The summed E-state index contributed by atoms with van der Waals surface area (Å²) in [6.45, 7) is 0.535. The molecule has 2 heterocycles. The number of hydrogen-bond donors (Lipinski definition) is 0. The summed E-state index contributed by atoms with van der Waals surface area (Å²) in [6.07, 6.45) is 0.624. The lowest BCUT2D eigenvalue weighted by Crippen LogP contribution is -2.30. The summed E-state index contributed by atoms with van der Waals surface area (Å²) >= 11 is 1.26. The van der Waals surface area contributed by atoms with Crippen LogP contribution in [0, 0.1) is 10.1 Å². The van der Waals surface area contributed by atoms with Gasteiger partial charge in [0.2, 0.25) is 11.1 Å². The van der Waals surface area contributed by atoms with E-state index in [0.717, 1.165) is 11.3 Å². The van der Waals surface area contributed by atoms with Crippen LogP contribution in [0.1, 0.15) is 5.56 Å². The van der Waals surface area contributed by atoms with Crippen LogP contribution in [0.3, 0.4) is 0 Å². The summed E-state index contributed by atoms with van der Waals surface area (Å²) in [6, 6.07) is 4.58. The number of carbonyl (C=O) groups is 1. The van der Waals surface area contributed by atoms with Crippen LogP contribution in [0.4, 0.5) is 11.4 Å². The Balaban J connectivity index is 1.71. The highest BCUT2D eigenvalue weighted by Crippen LogP contribution is 2.31. The lowest BCUT2D eigenvalue weighted by atomic mass is 10.1. The average Bonchev–Trinajstić information content (AvgIpc) is 3.10. The molecule has 1 aliphatic rings. The molecule has 1 aliphatic heterocycles. The van der Waals surface area contributed by atoms with Crippen LogP contribution >= 0.6 is 11.8 Å². The van der Waals surface area contributed by atoms with Crippen molar-refractivity contribution in [3.8, 4) is 0 Å². The normalized spacial score (nSPS) is 13.2. The first-order chi connectivity index (χ1) is 10.6. The number of non-ortho nitro benzene ring substituents is 1. The van der Waals surface area contributed by atoms with Gasteiger partial charge in [-0.2, -0.15) is 0 Å². The number of carbonyl (C=O) groups excluding carboxylic acids is 1. The van der Waals surface area contributed by atoms with Crippen molar-refractivity contribution in [2.75, 3.05) is 17.2 Å². The number of thioether (sulfide) groups is 1. The molecule has 1 aromatic heterocycles. The van der Waals surface area contributed by atoms with Crippen LogP contribution in [-0.4, -0.2) is 43.3 Å². The van der Waals surface area contributed by atoms with Crippen LogP contribution in [0.2, 0.25) is 0 Å². The fourth-order valence-electron chi connectivity index (χ4n) is 2.31. The Hall–Kier alpha value is -2.49. The number of nitro groups is 1. The van der Waals surface area contributed by atoms with Gasteiger partial charge in [-0.15, -0.1) is 5.10 Å². The van der Waals surface area contributed by atoms with Gasteiger partial charge in [-0.05, 0) is 28.5 Å². The predicted octanol–water partition coefficient (Wildman–Crippen LogP) is 0.800. The summed E-state index contributed by atoms with van der Waals surface area (Å²) in [5.41, 5.74) is 1.62. The third-order valence-corrected chi connectivity index (χ3v) is 4.37. The van der Waals surface area contributed by atoms with Crippen LogP contribution in [-0.2, 0) is 18.3 Å². The summed E-state index contributed by atoms with van der Waals surface area (Å²) < 4.78 is 1.50. The molecule has 0 atom stereocenters. The molecule has 0 unspecified atom stereocenters. The fraction of sp³-hybridized carbons (Fsp3) is 0.333. The Morgan fingerprint density at radius 1 is 1.50 bits per heavy atom. The quantitative estimate of drug-likeness (QED) is 0.466. The molecule has 114 valence electrons. The van der Waals surface area contributed by atoms with Gasteiger partial charge in [-0.1, -0.05) is 11.8 Å². The van der Waals surface area contributed by atoms with Crippen molar-refractivity contribution in [1.29, 1.82) is 0 Å². The van der Waals surface area contributed by atoms with Gasteiger partial charge in [0, 0.05) is 31.4 Å². The fourth-order valence-corrected chi connectivity index (χ4v) is 3.03. The molecule has 9 nitrogen and oxygen atoms in total. The Morgan fingerprint density at radius 2 is 2.32 bits per heavy atom. The largest absolute Gasteiger partial charge is 0.311 e. The molecule has 0 N–H and O–H groups in total. The number of anilines is 1. The van der Waals surface area contributed by atoms with E-state index in [1.807, 2.05) is 0 Å². The molecule has 0 saturated carbocycles. The van der Waals surface area contributed by atoms with E-state index in [1.54, 1.807) is 18.0 Å². The maximum absolute atomic E-state index is 12.3. The van der Waals surface area contributed by atoms with E-state index in [4.69, 9.17) is 0 Å². The number of tetrazole rings is 1. The van der Waals surface area contributed by atoms with Gasteiger partial charge >= 0.3 is 0 Å². The van der Waals surface area contributed by atoms with Crippen molar-refractivity contribution in [1.82, 2.24) is 20.2 Å². The van der Waals surface area contributed by atoms with Crippen LogP contribution < -0.4 is 4.90 Å². The molecular formula is C12H12N6O3S. The number of benzene rings is 1. The second kappa shape index (κ2) is 5.72. The molecule has 0 aliphatic carbocycles. The van der Waals surface area contributed by atoms with Crippen LogP contribution in [0.15, 0.2) is 23.4 Å². The Labute approximate surface area is 129 Å². The van der Waals surface area contributed by atoms with Gasteiger partial charge in [0.25, 0.3) is 5.69 Å². The second-order valence-corrected chi connectivity index (χ2v) is 5.68. The predicted molar refractivity (Wildman–Crippen MR) is 78.7 cm³/mol. The molecule has 2 aromatic rings. The molecule has 0 radical (unpaired) electrons. The highest BCUT2D eigenvalue weighted by Gasteiger charge is 2.26. The van der Waals surface area contributed by atoms with Crippen molar-refractivity contribution in [3.63, 3.8) is 0 Å². The number of amides is 1. The number of aryl methyl sites for hydroxylation is 1. The molecule has 22 heavy (non-hydrogen) atoms. The minimum Gasteiger partial charge on any atom is -0.311 e. The zero-order chi connectivity index (χ0) is 15.7. The SMILES string of the molecule is Cn1nnnc1SCC(=O)N1CCc2cc([N+](=O)[O-])ccc21. The molecule has 0 bridgehead atoms. The zero-order valence-electron chi connectivity index (χ0n) is 11.7. The maximum atomic E-state index is 12.3. The lowest BCUT2D eigenvalue weighted by molar-refractivity contribution is -0.384. The van der Waals surface area contributed by atoms with Gasteiger partial charge in [0.1, 0.15) is 0 Å². The number of rotatable bonds is 4. The van der Waals surface area contributed by atoms with E-state index in [0.29, 0.717) is 18.1 Å². The molecule has 10 heteroatoms. The Morgan fingerprint density at radius 3 is 3.00 bits per heavy atom. The van der Waals surface area contributed by atoms with E-state index < -0.39 is 4.92 Å². The van der Waals surface area contributed by atoms with Crippen LogP contribution in [0.5, 0.6) is 0 Å².